The highest BCUT2D eigenvalue weighted by atomic mass is 79.9. The molecule has 0 atom stereocenters. The number of ether oxygens (including phenoxy) is 3. The van der Waals surface area contributed by atoms with E-state index in [9.17, 15) is 0 Å². The zero-order chi connectivity index (χ0) is 12.3. The molecule has 0 saturated carbocycles. The average molecular weight is 303 g/mol. The molecular weight excluding hydrogens is 284 g/mol. The largest absolute Gasteiger partial charge is 0.385 e. The summed E-state index contributed by atoms with van der Waals surface area (Å²) in [5.74, 6) is 0. The van der Waals surface area contributed by atoms with Crippen LogP contribution in [0.4, 0.5) is 0 Å². The van der Waals surface area contributed by atoms with E-state index in [1.807, 2.05) is 18.2 Å². The molecule has 0 unspecified atom stereocenters. The highest BCUT2D eigenvalue weighted by Crippen LogP contribution is 2.12. The van der Waals surface area contributed by atoms with Crippen molar-refractivity contribution in [2.24, 2.45) is 0 Å². The Bertz CT molecular complexity index is 304. The van der Waals surface area contributed by atoms with Crippen molar-refractivity contribution >= 4 is 15.9 Å². The smallest absolute Gasteiger partial charge is 0.0718 e. The molecule has 1 aromatic carbocycles. The minimum absolute atomic E-state index is 0.624. The molecule has 0 aliphatic carbocycles. The summed E-state index contributed by atoms with van der Waals surface area (Å²) in [7, 11) is 1.70. The standard InChI is InChI=1S/C13H19BrO3/c1-15-6-3-7-16-8-9-17-11-12-4-2-5-13(14)10-12/h2,4-5,10H,3,6-9,11H2,1H3. The molecule has 1 rings (SSSR count). The Hall–Kier alpha value is -0.420. The third kappa shape index (κ3) is 7.49. The second-order valence-corrected chi connectivity index (χ2v) is 4.56. The summed E-state index contributed by atoms with van der Waals surface area (Å²) < 4.78 is 16.9. The van der Waals surface area contributed by atoms with Gasteiger partial charge in [-0.25, -0.2) is 0 Å². The molecule has 17 heavy (non-hydrogen) atoms. The summed E-state index contributed by atoms with van der Waals surface area (Å²) in [6, 6.07) is 8.11. The van der Waals surface area contributed by atoms with Crippen LogP contribution in [0.5, 0.6) is 0 Å². The van der Waals surface area contributed by atoms with Gasteiger partial charge in [0, 0.05) is 24.8 Å². The van der Waals surface area contributed by atoms with Gasteiger partial charge in [-0.2, -0.15) is 0 Å². The predicted octanol–water partition coefficient (Wildman–Crippen LogP) is 3.02. The fraction of sp³-hybridized carbons (Fsp3) is 0.538. The molecule has 0 fully saturated rings. The van der Waals surface area contributed by atoms with Crippen molar-refractivity contribution in [3.63, 3.8) is 0 Å². The second-order valence-electron chi connectivity index (χ2n) is 3.64. The van der Waals surface area contributed by atoms with Gasteiger partial charge in [0.15, 0.2) is 0 Å². The first-order valence-corrected chi connectivity index (χ1v) is 6.51. The topological polar surface area (TPSA) is 27.7 Å². The van der Waals surface area contributed by atoms with Gasteiger partial charge in [-0.3, -0.25) is 0 Å². The van der Waals surface area contributed by atoms with Gasteiger partial charge in [0.25, 0.3) is 0 Å². The third-order valence-electron chi connectivity index (χ3n) is 2.17. The maximum Gasteiger partial charge on any atom is 0.0718 e. The Morgan fingerprint density at radius 2 is 1.88 bits per heavy atom. The zero-order valence-corrected chi connectivity index (χ0v) is 11.7. The molecule has 0 bridgehead atoms. The molecule has 1 aromatic rings. The third-order valence-corrected chi connectivity index (χ3v) is 2.66. The zero-order valence-electron chi connectivity index (χ0n) is 10.2. The van der Waals surface area contributed by atoms with Crippen LogP contribution >= 0.6 is 15.9 Å². The van der Waals surface area contributed by atoms with E-state index in [2.05, 4.69) is 22.0 Å². The van der Waals surface area contributed by atoms with E-state index in [-0.39, 0.29) is 0 Å². The summed E-state index contributed by atoms with van der Waals surface area (Å²) >= 11 is 3.43. The van der Waals surface area contributed by atoms with E-state index in [4.69, 9.17) is 14.2 Å². The van der Waals surface area contributed by atoms with Crippen molar-refractivity contribution in [2.75, 3.05) is 33.5 Å². The van der Waals surface area contributed by atoms with E-state index in [1.54, 1.807) is 7.11 Å². The van der Waals surface area contributed by atoms with Crippen LogP contribution < -0.4 is 0 Å². The van der Waals surface area contributed by atoms with Crippen LogP contribution in [0.1, 0.15) is 12.0 Å². The lowest BCUT2D eigenvalue weighted by Crippen LogP contribution is -2.06. The fourth-order valence-electron chi connectivity index (χ4n) is 1.34. The number of hydrogen-bond acceptors (Lipinski definition) is 3. The van der Waals surface area contributed by atoms with Crippen LogP contribution in [-0.4, -0.2) is 33.5 Å². The van der Waals surface area contributed by atoms with E-state index in [0.29, 0.717) is 19.8 Å². The molecule has 0 N–H and O–H groups in total. The first kappa shape index (κ1) is 14.6. The molecule has 0 radical (unpaired) electrons. The summed E-state index contributed by atoms with van der Waals surface area (Å²) in [6.07, 6.45) is 0.933. The van der Waals surface area contributed by atoms with Gasteiger partial charge in [0.2, 0.25) is 0 Å². The maximum atomic E-state index is 5.50. The molecule has 0 aliphatic heterocycles. The van der Waals surface area contributed by atoms with Gasteiger partial charge in [0.1, 0.15) is 0 Å². The molecular formula is C13H19BrO3. The highest BCUT2D eigenvalue weighted by molar-refractivity contribution is 9.10. The van der Waals surface area contributed by atoms with E-state index in [0.717, 1.165) is 24.1 Å². The average Bonchev–Trinajstić information content (AvgIpc) is 2.33. The predicted molar refractivity (Wildman–Crippen MR) is 71.1 cm³/mol. The fourth-order valence-corrected chi connectivity index (χ4v) is 1.79. The van der Waals surface area contributed by atoms with Crippen molar-refractivity contribution in [1.82, 2.24) is 0 Å². The summed E-state index contributed by atoms with van der Waals surface area (Å²) in [5, 5.41) is 0. The Kier molecular flexibility index (Phi) is 8.26. The van der Waals surface area contributed by atoms with E-state index < -0.39 is 0 Å². The van der Waals surface area contributed by atoms with Crippen LogP contribution in [0.15, 0.2) is 28.7 Å². The summed E-state index contributed by atoms with van der Waals surface area (Å²) in [6.45, 7) is 3.37. The molecule has 0 amide bonds. The van der Waals surface area contributed by atoms with Gasteiger partial charge >= 0.3 is 0 Å². The van der Waals surface area contributed by atoms with Crippen molar-refractivity contribution in [1.29, 1.82) is 0 Å². The van der Waals surface area contributed by atoms with Crippen LogP contribution in [0.25, 0.3) is 0 Å². The molecule has 3 nitrogen and oxygen atoms in total. The van der Waals surface area contributed by atoms with Crippen molar-refractivity contribution in [2.45, 2.75) is 13.0 Å². The lowest BCUT2D eigenvalue weighted by Gasteiger charge is -2.06. The van der Waals surface area contributed by atoms with Crippen molar-refractivity contribution in [3.8, 4) is 0 Å². The molecule has 0 heterocycles. The number of rotatable bonds is 9. The number of halogens is 1. The van der Waals surface area contributed by atoms with Crippen molar-refractivity contribution < 1.29 is 14.2 Å². The first-order chi connectivity index (χ1) is 8.33. The number of benzene rings is 1. The van der Waals surface area contributed by atoms with E-state index >= 15 is 0 Å². The maximum absolute atomic E-state index is 5.50. The molecule has 0 saturated heterocycles. The van der Waals surface area contributed by atoms with Crippen molar-refractivity contribution in [3.05, 3.63) is 34.3 Å². The van der Waals surface area contributed by atoms with Gasteiger partial charge in [0.05, 0.1) is 19.8 Å². The molecule has 96 valence electrons. The number of hydrogen-bond donors (Lipinski definition) is 0. The minimum Gasteiger partial charge on any atom is -0.385 e. The SMILES string of the molecule is COCCCOCCOCc1cccc(Br)c1. The summed E-state index contributed by atoms with van der Waals surface area (Å²) in [5.41, 5.74) is 1.17. The van der Waals surface area contributed by atoms with Crippen LogP contribution in [0, 0.1) is 0 Å². The molecule has 0 aromatic heterocycles. The Balaban J connectivity index is 1.97. The van der Waals surface area contributed by atoms with Gasteiger partial charge in [-0.05, 0) is 24.1 Å². The molecule has 0 aliphatic rings. The Labute approximate surface area is 111 Å². The van der Waals surface area contributed by atoms with E-state index in [1.165, 1.54) is 5.56 Å². The van der Waals surface area contributed by atoms with Crippen LogP contribution in [0.3, 0.4) is 0 Å². The molecule has 0 spiro atoms. The lowest BCUT2D eigenvalue weighted by atomic mass is 10.2. The van der Waals surface area contributed by atoms with Crippen LogP contribution in [-0.2, 0) is 20.8 Å². The highest BCUT2D eigenvalue weighted by Gasteiger charge is 1.94. The summed E-state index contributed by atoms with van der Waals surface area (Å²) in [4.78, 5) is 0. The van der Waals surface area contributed by atoms with Gasteiger partial charge in [-0.1, -0.05) is 28.1 Å². The quantitative estimate of drug-likeness (QED) is 0.656. The number of methoxy groups -OCH3 is 1. The minimum atomic E-state index is 0.624. The van der Waals surface area contributed by atoms with Gasteiger partial charge in [-0.15, -0.1) is 0 Å². The monoisotopic (exact) mass is 302 g/mol. The normalized spacial score (nSPS) is 10.7. The molecule has 4 heteroatoms. The first-order valence-electron chi connectivity index (χ1n) is 5.72. The Morgan fingerprint density at radius 3 is 2.65 bits per heavy atom. The second kappa shape index (κ2) is 9.59. The lowest BCUT2D eigenvalue weighted by molar-refractivity contribution is 0.0337. The van der Waals surface area contributed by atoms with Gasteiger partial charge < -0.3 is 14.2 Å². The van der Waals surface area contributed by atoms with Crippen LogP contribution in [0.2, 0.25) is 0 Å². The Morgan fingerprint density at radius 1 is 1.06 bits per heavy atom.